The smallest absolute Gasteiger partial charge is 0.228 e. The molecule has 1 amide bonds. The molecule has 0 spiro atoms. The SMILES string of the molecule is CC(C(=O)Nc1cc(C(C)(C)C)[nH]n1)C1CNC1. The van der Waals surface area contributed by atoms with Crippen molar-refractivity contribution in [3.63, 3.8) is 0 Å². The molecule has 1 atom stereocenters. The molecule has 1 unspecified atom stereocenters. The van der Waals surface area contributed by atoms with Crippen LogP contribution in [0.15, 0.2) is 6.07 Å². The Balaban J connectivity index is 1.96. The first-order chi connectivity index (χ1) is 8.38. The van der Waals surface area contributed by atoms with Gasteiger partial charge in [-0.25, -0.2) is 0 Å². The van der Waals surface area contributed by atoms with Gasteiger partial charge in [-0.1, -0.05) is 27.7 Å². The summed E-state index contributed by atoms with van der Waals surface area (Å²) in [5, 5.41) is 13.2. The Bertz CT molecular complexity index is 428. The summed E-state index contributed by atoms with van der Waals surface area (Å²) in [5.74, 6) is 1.14. The third-order valence-electron chi connectivity index (χ3n) is 3.57. The van der Waals surface area contributed by atoms with E-state index in [2.05, 4.69) is 41.6 Å². The van der Waals surface area contributed by atoms with Crippen LogP contribution in [0.4, 0.5) is 5.82 Å². The quantitative estimate of drug-likeness (QED) is 0.761. The first-order valence-corrected chi connectivity index (χ1v) is 6.45. The lowest BCUT2D eigenvalue weighted by molar-refractivity contribution is -0.121. The van der Waals surface area contributed by atoms with Crippen molar-refractivity contribution in [3.8, 4) is 0 Å². The molecule has 0 aliphatic carbocycles. The number of amides is 1. The molecule has 1 aliphatic rings. The summed E-state index contributed by atoms with van der Waals surface area (Å²) in [4.78, 5) is 12.0. The highest BCUT2D eigenvalue weighted by Crippen LogP contribution is 2.23. The van der Waals surface area contributed by atoms with Crippen molar-refractivity contribution in [2.24, 2.45) is 11.8 Å². The van der Waals surface area contributed by atoms with Crippen molar-refractivity contribution in [1.29, 1.82) is 0 Å². The molecule has 0 saturated carbocycles. The number of aromatic amines is 1. The van der Waals surface area contributed by atoms with E-state index in [1.165, 1.54) is 0 Å². The number of carbonyl (C=O) groups is 1. The van der Waals surface area contributed by atoms with Crippen molar-refractivity contribution in [2.45, 2.75) is 33.1 Å². The fourth-order valence-corrected chi connectivity index (χ4v) is 1.89. The number of hydrogen-bond acceptors (Lipinski definition) is 3. The zero-order valence-corrected chi connectivity index (χ0v) is 11.5. The molecule has 1 fully saturated rings. The molecule has 3 N–H and O–H groups in total. The molecular weight excluding hydrogens is 228 g/mol. The maximum atomic E-state index is 12.0. The summed E-state index contributed by atoms with van der Waals surface area (Å²) in [7, 11) is 0. The maximum absolute atomic E-state index is 12.0. The number of rotatable bonds is 3. The van der Waals surface area contributed by atoms with Gasteiger partial charge in [0.1, 0.15) is 0 Å². The summed E-state index contributed by atoms with van der Waals surface area (Å²) < 4.78 is 0. The van der Waals surface area contributed by atoms with Crippen molar-refractivity contribution >= 4 is 11.7 Å². The number of nitrogens with zero attached hydrogens (tertiary/aromatic N) is 1. The third kappa shape index (κ3) is 2.72. The van der Waals surface area contributed by atoms with Gasteiger partial charge in [0.05, 0.1) is 0 Å². The molecule has 5 nitrogen and oxygen atoms in total. The average molecular weight is 250 g/mol. The zero-order valence-electron chi connectivity index (χ0n) is 11.5. The van der Waals surface area contributed by atoms with Crippen LogP contribution < -0.4 is 10.6 Å². The van der Waals surface area contributed by atoms with Crippen LogP contribution in [0.25, 0.3) is 0 Å². The van der Waals surface area contributed by atoms with E-state index >= 15 is 0 Å². The van der Waals surface area contributed by atoms with Crippen molar-refractivity contribution < 1.29 is 4.79 Å². The minimum Gasteiger partial charge on any atom is -0.316 e. The van der Waals surface area contributed by atoms with Crippen LogP contribution in [0.5, 0.6) is 0 Å². The molecule has 2 heterocycles. The van der Waals surface area contributed by atoms with Crippen LogP contribution in [0.1, 0.15) is 33.4 Å². The second-order valence-electron chi connectivity index (χ2n) is 6.11. The Kier molecular flexibility index (Phi) is 3.43. The average Bonchev–Trinajstić information content (AvgIpc) is 2.62. The molecule has 18 heavy (non-hydrogen) atoms. The number of carbonyl (C=O) groups excluding carboxylic acids is 1. The summed E-state index contributed by atoms with van der Waals surface area (Å²) in [6.07, 6.45) is 0. The highest BCUT2D eigenvalue weighted by Gasteiger charge is 2.29. The fraction of sp³-hybridized carbons (Fsp3) is 0.692. The van der Waals surface area contributed by atoms with Gasteiger partial charge in [-0.15, -0.1) is 0 Å². The van der Waals surface area contributed by atoms with Crippen LogP contribution in [0.2, 0.25) is 0 Å². The highest BCUT2D eigenvalue weighted by atomic mass is 16.2. The monoisotopic (exact) mass is 250 g/mol. The Hall–Kier alpha value is -1.36. The summed E-state index contributed by atoms with van der Waals surface area (Å²) in [5.41, 5.74) is 1.04. The van der Waals surface area contributed by atoms with Gasteiger partial charge in [0.25, 0.3) is 0 Å². The predicted molar refractivity (Wildman–Crippen MR) is 71.4 cm³/mol. The molecule has 0 aromatic carbocycles. The van der Waals surface area contributed by atoms with E-state index in [-0.39, 0.29) is 17.2 Å². The number of anilines is 1. The molecular formula is C13H22N4O. The van der Waals surface area contributed by atoms with Gasteiger partial charge in [0.15, 0.2) is 5.82 Å². The van der Waals surface area contributed by atoms with Gasteiger partial charge in [-0.05, 0) is 19.0 Å². The zero-order chi connectivity index (χ0) is 13.3. The second-order valence-corrected chi connectivity index (χ2v) is 6.11. The van der Waals surface area contributed by atoms with E-state index in [4.69, 9.17) is 0 Å². The molecule has 1 aromatic heterocycles. The molecule has 1 saturated heterocycles. The van der Waals surface area contributed by atoms with Gasteiger partial charge in [0.2, 0.25) is 5.91 Å². The van der Waals surface area contributed by atoms with Crippen LogP contribution >= 0.6 is 0 Å². The topological polar surface area (TPSA) is 69.8 Å². The van der Waals surface area contributed by atoms with Crippen LogP contribution in [0.3, 0.4) is 0 Å². The predicted octanol–water partition coefficient (Wildman–Crippen LogP) is 1.50. The summed E-state index contributed by atoms with van der Waals surface area (Å²) in [6.45, 7) is 10.2. The Morgan fingerprint density at radius 1 is 1.50 bits per heavy atom. The highest BCUT2D eigenvalue weighted by molar-refractivity contribution is 5.91. The Morgan fingerprint density at radius 3 is 2.61 bits per heavy atom. The lowest BCUT2D eigenvalue weighted by atomic mass is 9.88. The van der Waals surface area contributed by atoms with Gasteiger partial charge in [-0.3, -0.25) is 9.89 Å². The molecule has 2 rings (SSSR count). The van der Waals surface area contributed by atoms with Gasteiger partial charge < -0.3 is 10.6 Å². The Morgan fingerprint density at radius 2 is 2.17 bits per heavy atom. The van der Waals surface area contributed by atoms with Gasteiger partial charge in [0, 0.05) is 23.1 Å². The van der Waals surface area contributed by atoms with Crippen LogP contribution in [0, 0.1) is 11.8 Å². The molecule has 1 aliphatic heterocycles. The minimum absolute atomic E-state index is 0.0134. The first-order valence-electron chi connectivity index (χ1n) is 6.45. The van der Waals surface area contributed by atoms with E-state index in [1.807, 2.05) is 13.0 Å². The number of aromatic nitrogens is 2. The summed E-state index contributed by atoms with van der Waals surface area (Å²) >= 11 is 0. The molecule has 0 radical (unpaired) electrons. The minimum atomic E-state index is 0.0134. The van der Waals surface area contributed by atoms with Crippen LogP contribution in [-0.4, -0.2) is 29.2 Å². The lowest BCUT2D eigenvalue weighted by Crippen LogP contribution is -2.48. The molecule has 100 valence electrons. The van der Waals surface area contributed by atoms with Gasteiger partial charge in [-0.2, -0.15) is 5.10 Å². The normalized spacial score (nSPS) is 18.2. The molecule has 0 bridgehead atoms. The van der Waals surface area contributed by atoms with E-state index in [1.54, 1.807) is 0 Å². The third-order valence-corrected chi connectivity index (χ3v) is 3.57. The fourth-order valence-electron chi connectivity index (χ4n) is 1.89. The summed E-state index contributed by atoms with van der Waals surface area (Å²) in [6, 6.07) is 1.91. The van der Waals surface area contributed by atoms with Crippen molar-refractivity contribution in [2.75, 3.05) is 18.4 Å². The van der Waals surface area contributed by atoms with Gasteiger partial charge >= 0.3 is 0 Å². The second kappa shape index (κ2) is 4.72. The van der Waals surface area contributed by atoms with Crippen LogP contribution in [-0.2, 0) is 10.2 Å². The van der Waals surface area contributed by atoms with E-state index < -0.39 is 0 Å². The standard InChI is InChI=1S/C13H22N4O/c1-8(9-6-14-7-9)12(18)15-11-5-10(16-17-11)13(2,3)4/h5,8-9,14H,6-7H2,1-4H3,(H2,15,16,17,18). The van der Waals surface area contributed by atoms with E-state index in [0.29, 0.717) is 11.7 Å². The number of hydrogen-bond donors (Lipinski definition) is 3. The number of nitrogens with one attached hydrogen (secondary N) is 3. The first kappa shape index (κ1) is 13.1. The largest absolute Gasteiger partial charge is 0.316 e. The Labute approximate surface area is 108 Å². The number of H-pyrrole nitrogens is 1. The molecule has 1 aromatic rings. The van der Waals surface area contributed by atoms with E-state index in [0.717, 1.165) is 18.8 Å². The van der Waals surface area contributed by atoms with E-state index in [9.17, 15) is 4.79 Å². The van der Waals surface area contributed by atoms with Crippen molar-refractivity contribution in [1.82, 2.24) is 15.5 Å². The van der Waals surface area contributed by atoms with Crippen molar-refractivity contribution in [3.05, 3.63) is 11.8 Å². The lowest BCUT2D eigenvalue weighted by Gasteiger charge is -2.31. The maximum Gasteiger partial charge on any atom is 0.228 e. The molecule has 5 heteroatoms.